The van der Waals surface area contributed by atoms with Crippen LogP contribution in [0.4, 0.5) is 0 Å². The molecule has 0 aliphatic heterocycles. The van der Waals surface area contributed by atoms with Gasteiger partial charge in [0.15, 0.2) is 0 Å². The van der Waals surface area contributed by atoms with Crippen molar-refractivity contribution in [2.24, 2.45) is 0 Å². The van der Waals surface area contributed by atoms with E-state index in [1.165, 1.54) is 0 Å². The first-order valence-electron chi connectivity index (χ1n) is 5.91. The van der Waals surface area contributed by atoms with E-state index in [0.717, 1.165) is 9.32 Å². The summed E-state index contributed by atoms with van der Waals surface area (Å²) in [5, 5.41) is 9.66. The van der Waals surface area contributed by atoms with Gasteiger partial charge in [-0.25, -0.2) is 0 Å². The summed E-state index contributed by atoms with van der Waals surface area (Å²) in [5.74, 6) is 0.819. The topological polar surface area (TPSA) is 47.9 Å². The molecule has 0 heterocycles. The number of hydrogen-bond donors (Lipinski definition) is 1. The molecular formula is C13H17IO4. The molecule has 0 spiro atoms. The monoisotopic (exact) mass is 364 g/mol. The molecule has 1 aromatic carbocycles. The second kappa shape index (κ2) is 6.70. The second-order valence-corrected chi connectivity index (χ2v) is 5.49. The van der Waals surface area contributed by atoms with E-state index >= 15 is 0 Å². The molecule has 1 aromatic rings. The Morgan fingerprint density at radius 3 is 2.89 bits per heavy atom. The average Bonchev–Trinajstić information content (AvgIpc) is 2.34. The van der Waals surface area contributed by atoms with E-state index < -0.39 is 6.10 Å². The van der Waals surface area contributed by atoms with Crippen molar-refractivity contribution in [2.45, 2.75) is 24.7 Å². The largest absolute Gasteiger partial charge is 0.487 e. The molecule has 2 rings (SSSR count). The summed E-state index contributed by atoms with van der Waals surface area (Å²) in [6.45, 7) is 1.00. The van der Waals surface area contributed by atoms with Gasteiger partial charge in [-0.2, -0.15) is 0 Å². The standard InChI is InChI=1S/C13H17IO4/c1-16-5-6-17-13-11(15)8-12(13)18-10-4-2-3-9(14)7-10/h2-4,7,11-13,15H,5-6,8H2,1H3. The lowest BCUT2D eigenvalue weighted by atomic mass is 9.88. The maximum absolute atomic E-state index is 9.66. The number of rotatable bonds is 6. The minimum atomic E-state index is -0.436. The normalized spacial score (nSPS) is 26.7. The first-order chi connectivity index (χ1) is 8.70. The van der Waals surface area contributed by atoms with Crippen molar-refractivity contribution in [3.63, 3.8) is 0 Å². The van der Waals surface area contributed by atoms with E-state index in [-0.39, 0.29) is 12.2 Å². The minimum Gasteiger partial charge on any atom is -0.487 e. The Kier molecular flexibility index (Phi) is 5.23. The summed E-state index contributed by atoms with van der Waals surface area (Å²) >= 11 is 2.24. The van der Waals surface area contributed by atoms with Crippen molar-refractivity contribution < 1.29 is 19.3 Å². The van der Waals surface area contributed by atoms with Crippen LogP contribution in [0.3, 0.4) is 0 Å². The Morgan fingerprint density at radius 2 is 2.22 bits per heavy atom. The molecule has 1 aliphatic rings. The molecule has 0 saturated heterocycles. The van der Waals surface area contributed by atoms with E-state index in [1.807, 2.05) is 24.3 Å². The highest BCUT2D eigenvalue weighted by atomic mass is 127. The summed E-state index contributed by atoms with van der Waals surface area (Å²) < 4.78 is 17.4. The van der Waals surface area contributed by atoms with Crippen molar-refractivity contribution in [2.75, 3.05) is 20.3 Å². The highest BCUT2D eigenvalue weighted by molar-refractivity contribution is 14.1. The Balaban J connectivity index is 1.85. The first kappa shape index (κ1) is 14.0. The van der Waals surface area contributed by atoms with Gasteiger partial charge in [0.2, 0.25) is 0 Å². The van der Waals surface area contributed by atoms with Gasteiger partial charge >= 0.3 is 0 Å². The molecule has 0 aromatic heterocycles. The maximum Gasteiger partial charge on any atom is 0.130 e. The smallest absolute Gasteiger partial charge is 0.130 e. The molecule has 0 bridgehead atoms. The van der Waals surface area contributed by atoms with Crippen LogP contribution in [-0.4, -0.2) is 43.7 Å². The van der Waals surface area contributed by atoms with E-state index in [0.29, 0.717) is 19.6 Å². The van der Waals surface area contributed by atoms with Crippen LogP contribution in [0, 0.1) is 3.57 Å². The van der Waals surface area contributed by atoms with Gasteiger partial charge in [-0.3, -0.25) is 0 Å². The van der Waals surface area contributed by atoms with E-state index in [2.05, 4.69) is 22.6 Å². The molecule has 1 fully saturated rings. The maximum atomic E-state index is 9.66. The summed E-state index contributed by atoms with van der Waals surface area (Å²) in [6.07, 6.45) is -0.147. The number of aliphatic hydroxyl groups is 1. The summed E-state index contributed by atoms with van der Waals surface area (Å²) in [5.41, 5.74) is 0. The van der Waals surface area contributed by atoms with E-state index in [4.69, 9.17) is 14.2 Å². The number of benzene rings is 1. The fourth-order valence-corrected chi connectivity index (χ4v) is 2.39. The second-order valence-electron chi connectivity index (χ2n) is 4.24. The molecule has 3 atom stereocenters. The SMILES string of the molecule is COCCOC1C(O)CC1Oc1cccc(I)c1. The third-order valence-corrected chi connectivity index (χ3v) is 3.57. The van der Waals surface area contributed by atoms with E-state index in [9.17, 15) is 5.11 Å². The lowest BCUT2D eigenvalue weighted by molar-refractivity contribution is -0.167. The number of aliphatic hydroxyl groups excluding tert-OH is 1. The van der Waals surface area contributed by atoms with Crippen molar-refractivity contribution in [3.05, 3.63) is 27.8 Å². The molecule has 0 radical (unpaired) electrons. The number of hydrogen-bond acceptors (Lipinski definition) is 4. The molecule has 3 unspecified atom stereocenters. The molecule has 18 heavy (non-hydrogen) atoms. The van der Waals surface area contributed by atoms with Crippen molar-refractivity contribution in [1.29, 1.82) is 0 Å². The van der Waals surface area contributed by atoms with Gasteiger partial charge in [-0.1, -0.05) is 6.07 Å². The molecule has 1 N–H and O–H groups in total. The third-order valence-electron chi connectivity index (χ3n) is 2.90. The Morgan fingerprint density at radius 1 is 1.39 bits per heavy atom. The lowest BCUT2D eigenvalue weighted by Gasteiger charge is -2.40. The van der Waals surface area contributed by atoms with Crippen LogP contribution < -0.4 is 4.74 Å². The molecule has 4 nitrogen and oxygen atoms in total. The van der Waals surface area contributed by atoms with Gasteiger partial charge in [0.05, 0.1) is 19.3 Å². The van der Waals surface area contributed by atoms with Crippen LogP contribution in [0.2, 0.25) is 0 Å². The Hall–Kier alpha value is -0.370. The highest BCUT2D eigenvalue weighted by Gasteiger charge is 2.42. The third kappa shape index (κ3) is 3.57. The predicted octanol–water partition coefficient (Wildman–Crippen LogP) is 1.83. The van der Waals surface area contributed by atoms with Crippen LogP contribution in [0.1, 0.15) is 6.42 Å². The number of ether oxygens (including phenoxy) is 3. The van der Waals surface area contributed by atoms with Crippen LogP contribution in [0.15, 0.2) is 24.3 Å². The van der Waals surface area contributed by atoms with Crippen LogP contribution in [-0.2, 0) is 9.47 Å². The van der Waals surface area contributed by atoms with E-state index in [1.54, 1.807) is 7.11 Å². The van der Waals surface area contributed by atoms with Crippen LogP contribution in [0.5, 0.6) is 5.75 Å². The fraction of sp³-hybridized carbons (Fsp3) is 0.538. The quantitative estimate of drug-likeness (QED) is 0.618. The van der Waals surface area contributed by atoms with Crippen molar-refractivity contribution in [1.82, 2.24) is 0 Å². The predicted molar refractivity (Wildman–Crippen MR) is 75.8 cm³/mol. The van der Waals surface area contributed by atoms with Gasteiger partial charge in [0.25, 0.3) is 0 Å². The molecule has 1 saturated carbocycles. The minimum absolute atomic E-state index is 0.0740. The van der Waals surface area contributed by atoms with Gasteiger partial charge < -0.3 is 19.3 Å². The van der Waals surface area contributed by atoms with Gasteiger partial charge in [-0.05, 0) is 40.8 Å². The zero-order chi connectivity index (χ0) is 13.0. The zero-order valence-electron chi connectivity index (χ0n) is 10.2. The first-order valence-corrected chi connectivity index (χ1v) is 6.99. The fourth-order valence-electron chi connectivity index (χ4n) is 1.87. The average molecular weight is 364 g/mol. The van der Waals surface area contributed by atoms with Crippen molar-refractivity contribution in [3.8, 4) is 5.75 Å². The molecule has 5 heteroatoms. The summed E-state index contributed by atoms with van der Waals surface area (Å²) in [4.78, 5) is 0. The molecule has 1 aliphatic carbocycles. The zero-order valence-corrected chi connectivity index (χ0v) is 12.4. The van der Waals surface area contributed by atoms with Crippen LogP contribution >= 0.6 is 22.6 Å². The lowest BCUT2D eigenvalue weighted by Crippen LogP contribution is -2.55. The van der Waals surface area contributed by atoms with Gasteiger partial charge in [0.1, 0.15) is 18.0 Å². The molecule has 100 valence electrons. The summed E-state index contributed by atoms with van der Waals surface area (Å²) in [6, 6.07) is 7.85. The summed E-state index contributed by atoms with van der Waals surface area (Å²) in [7, 11) is 1.63. The van der Waals surface area contributed by atoms with Crippen LogP contribution in [0.25, 0.3) is 0 Å². The molecule has 0 amide bonds. The molecular weight excluding hydrogens is 347 g/mol. The number of halogens is 1. The Bertz CT molecular complexity index is 385. The number of methoxy groups -OCH3 is 1. The van der Waals surface area contributed by atoms with Gasteiger partial charge in [0, 0.05) is 17.1 Å². The Labute approximate surface area is 120 Å². The van der Waals surface area contributed by atoms with Crippen molar-refractivity contribution >= 4 is 22.6 Å². The van der Waals surface area contributed by atoms with Gasteiger partial charge in [-0.15, -0.1) is 0 Å². The highest BCUT2D eigenvalue weighted by Crippen LogP contribution is 2.29.